The van der Waals surface area contributed by atoms with Crippen LogP contribution in [-0.2, 0) is 19.5 Å². The van der Waals surface area contributed by atoms with E-state index in [-0.39, 0.29) is 19.5 Å². The summed E-state index contributed by atoms with van der Waals surface area (Å²) in [5.74, 6) is 1.04. The molecule has 0 aliphatic rings. The second-order valence-corrected chi connectivity index (χ2v) is 8.25. The molecule has 7 aromatic heterocycles. The van der Waals surface area contributed by atoms with Gasteiger partial charge in [-0.05, 0) is 78.6 Å². The van der Waals surface area contributed by atoms with Crippen LogP contribution in [0.25, 0.3) is 45.8 Å². The Morgan fingerprint density at radius 1 is 0.357 bits per heavy atom. The van der Waals surface area contributed by atoms with Crippen molar-refractivity contribution in [2.24, 2.45) is 0 Å². The smallest absolute Gasteiger partial charge is 0.415 e. The number of hydrogen-bond donors (Lipinski definition) is 0. The molecule has 0 bridgehead atoms. The van der Waals surface area contributed by atoms with E-state index in [0.717, 1.165) is 22.8 Å². The third-order valence-electron chi connectivity index (χ3n) is 5.42. The van der Waals surface area contributed by atoms with Gasteiger partial charge in [0, 0.05) is 37.2 Å². The largest absolute Gasteiger partial charge is 2.00 e. The maximum absolute atomic E-state index is 4.30. The maximum atomic E-state index is 4.30. The first-order chi connectivity index (χ1) is 20.4. The Morgan fingerprint density at radius 3 is 0.976 bits per heavy atom. The third kappa shape index (κ3) is 8.58. The molecule has 0 atom stereocenters. The van der Waals surface area contributed by atoms with Crippen LogP contribution in [0.2, 0.25) is 0 Å². The van der Waals surface area contributed by atoms with Crippen molar-refractivity contribution in [1.29, 1.82) is 0 Å². The maximum Gasteiger partial charge on any atom is 2.00 e. The summed E-state index contributed by atoms with van der Waals surface area (Å²) in [5.41, 5.74) is 5.08. The summed E-state index contributed by atoms with van der Waals surface area (Å²) in [6.07, 6.45) is 10.5. The molecule has 0 radical (unpaired) electrons. The fourth-order valence-electron chi connectivity index (χ4n) is 3.50. The summed E-state index contributed by atoms with van der Waals surface area (Å²) in [5, 5.41) is 8.00. The first-order valence-corrected chi connectivity index (χ1v) is 12.7. The standard InChI is InChI=1S/C12H8N5.2C10H8N2.Ru/c1-3-7-13-9(5-1)11-15-12(17-16-11)10-6-2-4-8-14-10;2*1-3-7-11-9(5-1)10-6-2-4-8-12-10;/h1-8H;2*1-8H;/q-1;;;+2. The fourth-order valence-corrected chi connectivity index (χ4v) is 3.50. The second kappa shape index (κ2) is 16.1. The van der Waals surface area contributed by atoms with Gasteiger partial charge in [0.05, 0.1) is 40.0 Å². The quantitative estimate of drug-likeness (QED) is 0.220. The number of aromatic nitrogens is 9. The molecular weight excluding hydrogens is 611 g/mol. The van der Waals surface area contributed by atoms with Crippen LogP contribution in [0.4, 0.5) is 0 Å². The number of hydrogen-bond acceptors (Lipinski definition) is 8. The minimum absolute atomic E-state index is 0. The van der Waals surface area contributed by atoms with Gasteiger partial charge >= 0.3 is 19.5 Å². The number of pyridine rings is 6. The van der Waals surface area contributed by atoms with Crippen LogP contribution >= 0.6 is 0 Å². The predicted octanol–water partition coefficient (Wildman–Crippen LogP) is 5.84. The Labute approximate surface area is 256 Å². The van der Waals surface area contributed by atoms with Gasteiger partial charge < -0.3 is 10.1 Å². The van der Waals surface area contributed by atoms with E-state index >= 15 is 0 Å². The Kier molecular flexibility index (Phi) is 11.3. The fraction of sp³-hybridized carbons (Fsp3) is 0. The average molecular weight is 636 g/mol. The zero-order chi connectivity index (χ0) is 28.0. The van der Waals surface area contributed by atoms with Crippen molar-refractivity contribution in [3.63, 3.8) is 0 Å². The van der Waals surface area contributed by atoms with Gasteiger partial charge in [-0.25, -0.2) is 0 Å². The minimum atomic E-state index is 0. The Hall–Kier alpha value is -5.34. The summed E-state index contributed by atoms with van der Waals surface area (Å²) in [6, 6.07) is 34.4. The van der Waals surface area contributed by atoms with Crippen LogP contribution < -0.4 is 5.10 Å². The van der Waals surface area contributed by atoms with Crippen LogP contribution in [0, 0.1) is 0 Å². The van der Waals surface area contributed by atoms with Gasteiger partial charge in [-0.1, -0.05) is 36.4 Å². The molecule has 0 aliphatic heterocycles. The molecule has 0 N–H and O–H groups in total. The third-order valence-corrected chi connectivity index (χ3v) is 5.42. The average Bonchev–Trinajstić information content (AvgIpc) is 3.59. The molecule has 0 aliphatic carbocycles. The van der Waals surface area contributed by atoms with E-state index in [1.807, 2.05) is 109 Å². The summed E-state index contributed by atoms with van der Waals surface area (Å²) in [4.78, 5) is 29.4. The van der Waals surface area contributed by atoms with Gasteiger partial charge in [-0.2, -0.15) is 0 Å². The molecule has 7 rings (SSSR count). The van der Waals surface area contributed by atoms with Crippen molar-refractivity contribution in [2.75, 3.05) is 0 Å². The van der Waals surface area contributed by atoms with Crippen molar-refractivity contribution in [2.45, 2.75) is 0 Å². The van der Waals surface area contributed by atoms with Crippen molar-refractivity contribution in [1.82, 2.24) is 45.1 Å². The van der Waals surface area contributed by atoms with Gasteiger partial charge in [-0.3, -0.25) is 35.0 Å². The van der Waals surface area contributed by atoms with Crippen LogP contribution in [0.5, 0.6) is 0 Å². The molecule has 0 amide bonds. The van der Waals surface area contributed by atoms with Crippen LogP contribution in [0.15, 0.2) is 146 Å². The molecule has 0 saturated carbocycles. The summed E-state index contributed by atoms with van der Waals surface area (Å²) in [7, 11) is 0. The summed E-state index contributed by atoms with van der Waals surface area (Å²) < 4.78 is 0. The normalized spacial score (nSPS) is 9.71. The first-order valence-electron chi connectivity index (χ1n) is 12.7. The molecule has 7 aromatic rings. The molecule has 42 heavy (non-hydrogen) atoms. The van der Waals surface area contributed by atoms with Gasteiger partial charge in [0.25, 0.3) is 0 Å². The molecule has 7 heterocycles. The predicted molar refractivity (Wildman–Crippen MR) is 157 cm³/mol. The van der Waals surface area contributed by atoms with E-state index in [2.05, 4.69) is 45.1 Å². The van der Waals surface area contributed by atoms with Gasteiger partial charge in [-0.15, -0.1) is 0 Å². The Morgan fingerprint density at radius 2 is 0.667 bits per heavy atom. The van der Waals surface area contributed by atoms with E-state index in [9.17, 15) is 0 Å². The van der Waals surface area contributed by atoms with Gasteiger partial charge in [0.15, 0.2) is 0 Å². The molecule has 0 saturated heterocycles. The van der Waals surface area contributed by atoms with Gasteiger partial charge in [0.1, 0.15) is 0 Å². The second-order valence-electron chi connectivity index (χ2n) is 8.25. The molecule has 10 heteroatoms. The van der Waals surface area contributed by atoms with Crippen LogP contribution in [-0.4, -0.2) is 40.0 Å². The molecule has 0 fully saturated rings. The zero-order valence-electron chi connectivity index (χ0n) is 22.2. The number of nitrogens with zero attached hydrogens (tertiary/aromatic N) is 9. The van der Waals surface area contributed by atoms with E-state index in [1.54, 1.807) is 37.2 Å². The van der Waals surface area contributed by atoms with Crippen LogP contribution in [0.3, 0.4) is 0 Å². The van der Waals surface area contributed by atoms with E-state index in [4.69, 9.17) is 0 Å². The van der Waals surface area contributed by atoms with E-state index in [1.165, 1.54) is 0 Å². The van der Waals surface area contributed by atoms with Crippen LogP contribution in [0.1, 0.15) is 0 Å². The summed E-state index contributed by atoms with van der Waals surface area (Å²) >= 11 is 0. The minimum Gasteiger partial charge on any atom is -0.415 e. The zero-order valence-corrected chi connectivity index (χ0v) is 24.0. The summed E-state index contributed by atoms with van der Waals surface area (Å²) in [6.45, 7) is 0. The van der Waals surface area contributed by atoms with E-state index in [0.29, 0.717) is 23.0 Å². The molecule has 0 unspecified atom stereocenters. The van der Waals surface area contributed by atoms with Crippen molar-refractivity contribution in [3.8, 4) is 45.8 Å². The van der Waals surface area contributed by atoms with Crippen molar-refractivity contribution >= 4 is 0 Å². The van der Waals surface area contributed by atoms with Gasteiger partial charge in [0.2, 0.25) is 0 Å². The number of rotatable bonds is 4. The molecular formula is C32H24N9Ru+. The Balaban J connectivity index is 0.000000146. The SMILES string of the molecule is [Ru+2].c1ccc(-c2ccccn2)nc1.c1ccc(-c2ccccn2)nc1.c1ccc(-c2n[n-]c(-c3ccccn3)n2)nc1. The topological polar surface area (TPSA) is 117 Å². The first kappa shape index (κ1) is 29.6. The molecule has 0 aromatic carbocycles. The van der Waals surface area contributed by atoms with E-state index < -0.39 is 0 Å². The molecule has 204 valence electrons. The van der Waals surface area contributed by atoms with Crippen molar-refractivity contribution < 1.29 is 19.5 Å². The monoisotopic (exact) mass is 636 g/mol. The Bertz CT molecular complexity index is 1500. The van der Waals surface area contributed by atoms with Crippen molar-refractivity contribution in [3.05, 3.63) is 146 Å². The molecule has 0 spiro atoms. The molecule has 9 nitrogen and oxygen atoms in total.